The third kappa shape index (κ3) is 3.13. The topological polar surface area (TPSA) is 49.4 Å². The van der Waals surface area contributed by atoms with Crippen molar-refractivity contribution in [2.75, 3.05) is 10.2 Å². The second kappa shape index (κ2) is 6.71. The Morgan fingerprint density at radius 1 is 0.960 bits per heavy atom. The van der Waals surface area contributed by atoms with Crippen LogP contribution in [0, 0.1) is 13.8 Å². The predicted octanol–water partition coefficient (Wildman–Crippen LogP) is 5.05. The molecule has 0 fully saturated rings. The van der Waals surface area contributed by atoms with E-state index in [9.17, 15) is 9.59 Å². The highest BCUT2D eigenvalue weighted by Crippen LogP contribution is 2.35. The molecule has 0 spiro atoms. The van der Waals surface area contributed by atoms with Gasteiger partial charge < -0.3 is 5.32 Å². The molecule has 0 aromatic heterocycles. The van der Waals surface area contributed by atoms with Gasteiger partial charge in [-0.2, -0.15) is 0 Å². The summed E-state index contributed by atoms with van der Waals surface area (Å²) >= 11 is 18.1. The zero-order valence-corrected chi connectivity index (χ0v) is 15.6. The van der Waals surface area contributed by atoms with Gasteiger partial charge in [-0.3, -0.25) is 9.59 Å². The number of rotatable bonds is 3. The van der Waals surface area contributed by atoms with E-state index in [0.717, 1.165) is 16.0 Å². The quantitative estimate of drug-likeness (QED) is 0.740. The van der Waals surface area contributed by atoms with Crippen molar-refractivity contribution < 1.29 is 9.59 Å². The molecular weight excluding hydrogens is 383 g/mol. The van der Waals surface area contributed by atoms with Crippen molar-refractivity contribution in [1.29, 1.82) is 0 Å². The molecule has 0 saturated heterocycles. The second-order valence-corrected chi connectivity index (χ2v) is 6.82. The molecule has 7 heteroatoms. The zero-order chi connectivity index (χ0) is 18.3. The molecule has 4 nitrogen and oxygen atoms in total. The monoisotopic (exact) mass is 394 g/mol. The van der Waals surface area contributed by atoms with Gasteiger partial charge in [0.15, 0.2) is 0 Å². The van der Waals surface area contributed by atoms with Crippen LogP contribution in [0.3, 0.4) is 0 Å². The minimum absolute atomic E-state index is 0.0198. The van der Waals surface area contributed by atoms with E-state index in [1.165, 1.54) is 12.1 Å². The number of nitrogens with zero attached hydrogens (tertiary/aromatic N) is 1. The maximum Gasteiger partial charge on any atom is 0.283 e. The minimum atomic E-state index is -0.635. The van der Waals surface area contributed by atoms with Gasteiger partial charge in [0, 0.05) is 10.7 Å². The molecule has 0 aliphatic carbocycles. The molecule has 0 atom stereocenters. The fraction of sp³-hybridized carbons (Fsp3) is 0.111. The van der Waals surface area contributed by atoms with Crippen LogP contribution in [0.1, 0.15) is 11.1 Å². The van der Waals surface area contributed by atoms with Gasteiger partial charge in [0.1, 0.15) is 10.7 Å². The fourth-order valence-corrected chi connectivity index (χ4v) is 3.22. The number of carbonyl (C=O) groups is 2. The van der Waals surface area contributed by atoms with Crippen LogP contribution in [0.15, 0.2) is 47.1 Å². The molecule has 1 heterocycles. The van der Waals surface area contributed by atoms with Crippen LogP contribution >= 0.6 is 34.8 Å². The normalized spacial score (nSPS) is 14.5. The van der Waals surface area contributed by atoms with Gasteiger partial charge in [0.05, 0.1) is 10.7 Å². The van der Waals surface area contributed by atoms with Crippen LogP contribution in [0.5, 0.6) is 0 Å². The van der Waals surface area contributed by atoms with Gasteiger partial charge >= 0.3 is 0 Å². The molecule has 1 aliphatic rings. The molecule has 128 valence electrons. The van der Waals surface area contributed by atoms with E-state index in [2.05, 4.69) is 5.32 Å². The Bertz CT molecular complexity index is 938. The van der Waals surface area contributed by atoms with E-state index in [1.54, 1.807) is 6.07 Å². The number of hydrogen-bond donors (Lipinski definition) is 1. The Hall–Kier alpha value is -2.01. The van der Waals surface area contributed by atoms with Crippen LogP contribution < -0.4 is 10.2 Å². The van der Waals surface area contributed by atoms with Crippen molar-refractivity contribution in [2.24, 2.45) is 0 Å². The van der Waals surface area contributed by atoms with Gasteiger partial charge in [0.25, 0.3) is 11.8 Å². The molecule has 2 amide bonds. The van der Waals surface area contributed by atoms with Crippen molar-refractivity contribution in [3.05, 3.63) is 68.3 Å². The van der Waals surface area contributed by atoms with Gasteiger partial charge in [-0.25, -0.2) is 4.90 Å². The summed E-state index contributed by atoms with van der Waals surface area (Å²) in [6.45, 7) is 3.87. The van der Waals surface area contributed by atoms with Crippen molar-refractivity contribution in [1.82, 2.24) is 0 Å². The van der Waals surface area contributed by atoms with Gasteiger partial charge in [-0.1, -0.05) is 46.9 Å². The molecule has 0 saturated carbocycles. The van der Waals surface area contributed by atoms with E-state index < -0.39 is 11.8 Å². The van der Waals surface area contributed by atoms with Crippen LogP contribution in [0.4, 0.5) is 11.4 Å². The van der Waals surface area contributed by atoms with Gasteiger partial charge in [0.2, 0.25) is 0 Å². The third-order valence-corrected chi connectivity index (χ3v) is 4.93. The summed E-state index contributed by atoms with van der Waals surface area (Å²) in [6, 6.07) is 10.1. The molecule has 2 aromatic carbocycles. The van der Waals surface area contributed by atoms with Crippen molar-refractivity contribution in [2.45, 2.75) is 13.8 Å². The maximum atomic E-state index is 12.8. The lowest BCUT2D eigenvalue weighted by Gasteiger charge is -2.17. The molecule has 1 N–H and O–H groups in total. The van der Waals surface area contributed by atoms with Gasteiger partial charge in [-0.15, -0.1) is 0 Å². The highest BCUT2D eigenvalue weighted by molar-refractivity contribution is 6.53. The van der Waals surface area contributed by atoms with E-state index in [1.807, 2.05) is 32.0 Å². The Morgan fingerprint density at radius 3 is 2.36 bits per heavy atom. The lowest BCUT2D eigenvalue weighted by atomic mass is 10.1. The first kappa shape index (κ1) is 17.8. The smallest absolute Gasteiger partial charge is 0.283 e. The zero-order valence-electron chi connectivity index (χ0n) is 13.4. The molecular formula is C18H13Cl3N2O2. The number of carbonyl (C=O) groups excluding carboxylic acids is 2. The number of benzene rings is 2. The van der Waals surface area contributed by atoms with E-state index in [0.29, 0.717) is 10.7 Å². The van der Waals surface area contributed by atoms with E-state index in [-0.39, 0.29) is 21.4 Å². The first-order chi connectivity index (χ1) is 11.8. The summed E-state index contributed by atoms with van der Waals surface area (Å²) in [6.07, 6.45) is 0. The first-order valence-electron chi connectivity index (χ1n) is 7.38. The number of imide groups is 1. The molecule has 25 heavy (non-hydrogen) atoms. The molecule has 0 bridgehead atoms. The van der Waals surface area contributed by atoms with Crippen LogP contribution in [-0.2, 0) is 9.59 Å². The van der Waals surface area contributed by atoms with Crippen molar-refractivity contribution in [3.8, 4) is 0 Å². The van der Waals surface area contributed by atoms with Crippen LogP contribution in [-0.4, -0.2) is 11.8 Å². The van der Waals surface area contributed by atoms with Crippen molar-refractivity contribution in [3.63, 3.8) is 0 Å². The van der Waals surface area contributed by atoms with E-state index >= 15 is 0 Å². The highest BCUT2D eigenvalue weighted by atomic mass is 35.5. The molecule has 0 radical (unpaired) electrons. The maximum absolute atomic E-state index is 12.8. The van der Waals surface area contributed by atoms with Crippen molar-refractivity contribution >= 4 is 58.0 Å². The number of anilines is 2. The molecule has 2 aromatic rings. The SMILES string of the molecule is Cc1cccc(NC2=C(Cl)C(=O)N(c3ccc(Cl)cc3Cl)C2=O)c1C. The standard InChI is InChI=1S/C18H13Cl3N2O2/c1-9-4-3-5-13(10(9)2)22-16-15(21)17(24)23(18(16)25)14-7-6-11(19)8-12(14)20/h3-8,22H,1-2H3. The summed E-state index contributed by atoms with van der Waals surface area (Å²) in [4.78, 5) is 26.2. The third-order valence-electron chi connectivity index (χ3n) is 4.04. The minimum Gasteiger partial charge on any atom is -0.349 e. The van der Waals surface area contributed by atoms with E-state index in [4.69, 9.17) is 34.8 Å². The van der Waals surface area contributed by atoms with Crippen LogP contribution in [0.2, 0.25) is 10.0 Å². The Morgan fingerprint density at radius 2 is 1.68 bits per heavy atom. The largest absolute Gasteiger partial charge is 0.349 e. The Labute approximate surface area is 160 Å². The Kier molecular flexibility index (Phi) is 4.78. The Balaban J connectivity index is 1.98. The van der Waals surface area contributed by atoms with Crippen LogP contribution in [0.25, 0.3) is 0 Å². The summed E-state index contributed by atoms with van der Waals surface area (Å²) in [5.74, 6) is -1.20. The molecule has 1 aliphatic heterocycles. The first-order valence-corrected chi connectivity index (χ1v) is 8.51. The predicted molar refractivity (Wildman–Crippen MR) is 101 cm³/mol. The highest BCUT2D eigenvalue weighted by Gasteiger charge is 2.40. The summed E-state index contributed by atoms with van der Waals surface area (Å²) < 4.78 is 0. The second-order valence-electron chi connectivity index (χ2n) is 5.60. The summed E-state index contributed by atoms with van der Waals surface area (Å²) in [5.41, 5.74) is 2.97. The van der Waals surface area contributed by atoms with Gasteiger partial charge in [-0.05, 0) is 49.2 Å². The summed E-state index contributed by atoms with van der Waals surface area (Å²) in [7, 11) is 0. The lowest BCUT2D eigenvalue weighted by Crippen LogP contribution is -2.32. The number of amides is 2. The summed E-state index contributed by atoms with van der Waals surface area (Å²) in [5, 5.41) is 3.38. The average Bonchev–Trinajstić information content (AvgIpc) is 2.76. The number of halogens is 3. The number of hydrogen-bond acceptors (Lipinski definition) is 3. The lowest BCUT2D eigenvalue weighted by molar-refractivity contribution is -0.120. The fourth-order valence-electron chi connectivity index (χ4n) is 2.51. The molecule has 0 unspecified atom stereocenters. The molecule has 3 rings (SSSR count). The average molecular weight is 396 g/mol. The number of aryl methyl sites for hydroxylation is 1. The number of nitrogens with one attached hydrogen (secondary N) is 1.